The number of anilines is 1. The first-order valence-electron chi connectivity index (χ1n) is 8.00. The quantitative estimate of drug-likeness (QED) is 0.719. The third kappa shape index (κ3) is 5.38. The molecule has 6 nitrogen and oxygen atoms in total. The van der Waals surface area contributed by atoms with Gasteiger partial charge in [0, 0.05) is 18.1 Å². The summed E-state index contributed by atoms with van der Waals surface area (Å²) in [4.78, 5) is 0.275. The molecule has 0 aliphatic carbocycles. The molecular formula is C16H17NO5S3. The van der Waals surface area contributed by atoms with Gasteiger partial charge in [0.05, 0.1) is 16.9 Å². The number of rotatable bonds is 7. The van der Waals surface area contributed by atoms with Crippen molar-refractivity contribution in [3.63, 3.8) is 0 Å². The Labute approximate surface area is 153 Å². The second-order valence-corrected chi connectivity index (χ2v) is 10.4. The number of hydrogen-bond acceptors (Lipinski definition) is 6. The Hall–Kier alpha value is -1.71. The fourth-order valence-electron chi connectivity index (χ4n) is 2.13. The monoisotopic (exact) mass is 400 g/mol. The molecule has 1 atom stereocenters. The minimum Gasteiger partial charge on any atom is -0.457 e. The summed E-state index contributed by atoms with van der Waals surface area (Å²) in [7, 11) is -6.92. The molecule has 2 aromatic rings. The Bertz CT molecular complexity index is 970. The molecule has 1 heterocycles. The highest BCUT2D eigenvalue weighted by atomic mass is 32.2. The molecule has 3 rings (SSSR count). The van der Waals surface area contributed by atoms with E-state index in [0.717, 1.165) is 5.75 Å². The topological polar surface area (TPSA) is 89.5 Å². The first kappa shape index (κ1) is 16.7. The number of thioether (sulfide) groups is 1. The first-order valence-corrected chi connectivity index (χ1v) is 11.6. The highest BCUT2D eigenvalue weighted by Crippen LogP contribution is 2.33. The van der Waals surface area contributed by atoms with Crippen LogP contribution in [0.3, 0.4) is 0 Å². The van der Waals surface area contributed by atoms with Gasteiger partial charge in [-0.25, -0.2) is 16.8 Å². The Morgan fingerprint density at radius 1 is 1.08 bits per heavy atom. The number of sulfone groups is 1. The molecule has 1 aliphatic heterocycles. The van der Waals surface area contributed by atoms with Crippen molar-refractivity contribution in [2.45, 2.75) is 10.1 Å². The van der Waals surface area contributed by atoms with Crippen LogP contribution in [0.2, 0.25) is 0 Å². The fraction of sp³-hybridized carbons (Fsp3) is 0.250. The molecule has 1 fully saturated rings. The number of benzene rings is 2. The van der Waals surface area contributed by atoms with E-state index in [4.69, 9.17) is 6.11 Å². The van der Waals surface area contributed by atoms with Crippen LogP contribution in [-0.2, 0) is 19.9 Å². The van der Waals surface area contributed by atoms with Gasteiger partial charge in [0.15, 0.2) is 9.84 Å². The van der Waals surface area contributed by atoms with Gasteiger partial charge in [0.25, 0.3) is 0 Å². The van der Waals surface area contributed by atoms with Crippen molar-refractivity contribution in [2.75, 3.05) is 22.5 Å². The van der Waals surface area contributed by atoms with Crippen LogP contribution in [0.1, 0.15) is 1.37 Å². The fourth-order valence-corrected chi connectivity index (χ4v) is 5.30. The lowest BCUT2D eigenvalue weighted by molar-refractivity contribution is 0.482. The normalized spacial score (nSPS) is 17.6. The van der Waals surface area contributed by atoms with Gasteiger partial charge >= 0.3 is 0 Å². The third-order valence-corrected chi connectivity index (χ3v) is 6.91. The molecule has 134 valence electrons. The van der Waals surface area contributed by atoms with Crippen molar-refractivity contribution < 1.29 is 22.9 Å². The summed E-state index contributed by atoms with van der Waals surface area (Å²) in [5.41, 5.74) is 0.337. The summed E-state index contributed by atoms with van der Waals surface area (Å²) < 4.78 is 61.9. The molecule has 9 heteroatoms. The van der Waals surface area contributed by atoms with Gasteiger partial charge in [0.1, 0.15) is 11.5 Å². The minimum atomic E-state index is -3.65. The molecular weight excluding hydrogens is 382 g/mol. The molecule has 0 saturated carbocycles. The molecule has 0 aromatic heterocycles. The van der Waals surface area contributed by atoms with Crippen LogP contribution in [0.4, 0.5) is 5.69 Å². The molecule has 25 heavy (non-hydrogen) atoms. The zero-order valence-corrected chi connectivity index (χ0v) is 15.5. The maximum absolute atomic E-state index is 12.2. The van der Waals surface area contributed by atoms with Gasteiger partial charge in [0.2, 0.25) is 10.0 Å². The van der Waals surface area contributed by atoms with Crippen LogP contribution in [0, 0.1) is 0 Å². The van der Waals surface area contributed by atoms with E-state index in [0.29, 0.717) is 17.2 Å². The van der Waals surface area contributed by atoms with Crippen molar-refractivity contribution >= 4 is 37.3 Å². The highest BCUT2D eigenvalue weighted by molar-refractivity contribution is 8.08. The van der Waals surface area contributed by atoms with E-state index < -0.39 is 26.1 Å². The van der Waals surface area contributed by atoms with Crippen molar-refractivity contribution in [1.82, 2.24) is 0 Å². The van der Waals surface area contributed by atoms with Gasteiger partial charge in [-0.3, -0.25) is 4.72 Å². The predicted molar refractivity (Wildman–Crippen MR) is 99.7 cm³/mol. The lowest BCUT2D eigenvalue weighted by Crippen LogP contribution is -2.10. The van der Waals surface area contributed by atoms with Crippen LogP contribution >= 0.6 is 11.8 Å². The zero-order valence-electron chi connectivity index (χ0n) is 14.1. The van der Waals surface area contributed by atoms with E-state index in [1.807, 2.05) is 0 Å². The average Bonchev–Trinajstić information content (AvgIpc) is 3.40. The van der Waals surface area contributed by atoms with Gasteiger partial charge in [-0.05, 0) is 48.5 Å². The van der Waals surface area contributed by atoms with Crippen LogP contribution in [0.15, 0.2) is 53.4 Å². The van der Waals surface area contributed by atoms with E-state index in [9.17, 15) is 16.8 Å². The second-order valence-electron chi connectivity index (χ2n) is 5.55. The van der Waals surface area contributed by atoms with E-state index in [1.165, 1.54) is 24.3 Å². The molecule has 1 unspecified atom stereocenters. The number of ether oxygens (including phenoxy) is 1. The zero-order chi connectivity index (χ0) is 18.8. The lowest BCUT2D eigenvalue weighted by atomic mass is 10.3. The molecule has 1 aliphatic rings. The van der Waals surface area contributed by atoms with E-state index in [2.05, 4.69) is 4.72 Å². The van der Waals surface area contributed by atoms with E-state index in [-0.39, 0.29) is 15.9 Å². The summed E-state index contributed by atoms with van der Waals surface area (Å²) >= 11 is 1.64. The minimum absolute atomic E-state index is 0.160. The van der Waals surface area contributed by atoms with Gasteiger partial charge in [-0.2, -0.15) is 11.8 Å². The highest BCUT2D eigenvalue weighted by Gasteiger charge is 2.29. The summed E-state index contributed by atoms with van der Waals surface area (Å²) in [6, 6.07) is 12.4. The SMILES string of the molecule is [2H]CS(=O)(=O)Nc1ccc(Oc2ccc(S(=O)(=O)CC3CS3)cc2)cc1. The summed E-state index contributed by atoms with van der Waals surface area (Å²) in [5, 5.41) is 0.210. The number of nitrogens with one attached hydrogen (secondary N) is 1. The summed E-state index contributed by atoms with van der Waals surface area (Å²) in [6.45, 7) is 0. The lowest BCUT2D eigenvalue weighted by Gasteiger charge is -2.09. The largest absolute Gasteiger partial charge is 0.457 e. The van der Waals surface area contributed by atoms with E-state index >= 15 is 0 Å². The Morgan fingerprint density at radius 2 is 1.64 bits per heavy atom. The van der Waals surface area contributed by atoms with E-state index in [1.54, 1.807) is 36.0 Å². The van der Waals surface area contributed by atoms with Crippen molar-refractivity contribution in [1.29, 1.82) is 0 Å². The molecule has 0 radical (unpaired) electrons. The molecule has 0 amide bonds. The van der Waals surface area contributed by atoms with Crippen LogP contribution in [-0.4, -0.2) is 39.8 Å². The standard InChI is InChI=1S/C16H17NO5S3/c1-24(18,19)17-12-2-4-13(5-3-12)22-14-6-8-16(9-7-14)25(20,21)11-15-10-23-15/h2-9,15,17H,10-11H2,1H3/i1D. The van der Waals surface area contributed by atoms with Crippen LogP contribution < -0.4 is 9.46 Å². The average molecular weight is 401 g/mol. The van der Waals surface area contributed by atoms with Crippen molar-refractivity contribution in [2.24, 2.45) is 0 Å². The maximum atomic E-state index is 12.2. The molecule has 1 saturated heterocycles. The van der Waals surface area contributed by atoms with Crippen molar-refractivity contribution in [3.05, 3.63) is 48.5 Å². The van der Waals surface area contributed by atoms with Crippen molar-refractivity contribution in [3.8, 4) is 11.5 Å². The Kier molecular flexibility index (Phi) is 4.61. The third-order valence-electron chi connectivity index (χ3n) is 3.35. The molecule has 0 spiro atoms. The number of sulfonamides is 1. The van der Waals surface area contributed by atoms with Gasteiger partial charge in [-0.15, -0.1) is 0 Å². The smallest absolute Gasteiger partial charge is 0.229 e. The summed E-state index contributed by atoms with van der Waals surface area (Å²) in [5.74, 6) is 2.01. The molecule has 0 bridgehead atoms. The second kappa shape index (κ2) is 6.89. The molecule has 2 aromatic carbocycles. The van der Waals surface area contributed by atoms with Crippen LogP contribution in [0.5, 0.6) is 11.5 Å². The van der Waals surface area contributed by atoms with Crippen LogP contribution in [0.25, 0.3) is 0 Å². The first-order chi connectivity index (χ1) is 12.3. The Balaban J connectivity index is 1.65. The number of hydrogen-bond donors (Lipinski definition) is 1. The predicted octanol–water partition coefficient (Wildman–Crippen LogP) is 2.74. The van der Waals surface area contributed by atoms with Gasteiger partial charge in [-0.1, -0.05) is 0 Å². The Morgan fingerprint density at radius 3 is 2.16 bits per heavy atom. The summed E-state index contributed by atoms with van der Waals surface area (Å²) in [6.07, 6.45) is -0.750. The molecule has 1 N–H and O–H groups in total. The van der Waals surface area contributed by atoms with Gasteiger partial charge < -0.3 is 4.74 Å². The maximum Gasteiger partial charge on any atom is 0.229 e.